The summed E-state index contributed by atoms with van der Waals surface area (Å²) in [6.45, 7) is 1.70. The number of rotatable bonds is 6. The Kier molecular flexibility index (Phi) is 5.72. The van der Waals surface area contributed by atoms with Gasteiger partial charge in [0, 0.05) is 23.6 Å². The van der Waals surface area contributed by atoms with Crippen molar-refractivity contribution >= 4 is 40.6 Å². The summed E-state index contributed by atoms with van der Waals surface area (Å²) in [5, 5.41) is 17.5. The number of hydrogen-bond donors (Lipinski definition) is 1. The van der Waals surface area contributed by atoms with Crippen LogP contribution in [0, 0.1) is 17.0 Å². The number of anilines is 1. The van der Waals surface area contributed by atoms with Crippen LogP contribution in [0.15, 0.2) is 51.9 Å². The number of nitro benzene ring substituents is 1. The number of halogens is 1. The van der Waals surface area contributed by atoms with Gasteiger partial charge in [-0.25, -0.2) is 0 Å². The molecule has 0 saturated carbocycles. The molecule has 0 aliphatic carbocycles. The number of thioether (sulfide) groups is 1. The Morgan fingerprint density at radius 3 is 2.81 bits per heavy atom. The first kappa shape index (κ1) is 18.9. The van der Waals surface area contributed by atoms with Gasteiger partial charge in [-0.2, -0.15) is 4.98 Å². The van der Waals surface area contributed by atoms with Crippen LogP contribution < -0.4 is 5.32 Å². The summed E-state index contributed by atoms with van der Waals surface area (Å²) in [5.41, 5.74) is 0.439. The first-order chi connectivity index (χ1) is 12.9. The molecule has 0 atom stereocenters. The lowest BCUT2D eigenvalue weighted by molar-refractivity contribution is -0.384. The average Bonchev–Trinajstić information content (AvgIpc) is 3.07. The summed E-state index contributed by atoms with van der Waals surface area (Å²) < 4.78 is 4.93. The van der Waals surface area contributed by atoms with Crippen LogP contribution in [0.3, 0.4) is 0 Å². The molecule has 0 unspecified atom stereocenters. The summed E-state index contributed by atoms with van der Waals surface area (Å²) in [6.07, 6.45) is 0. The molecule has 0 bridgehead atoms. The van der Waals surface area contributed by atoms with Crippen LogP contribution >= 0.6 is 23.4 Å². The molecule has 3 aromatic rings. The third-order valence-electron chi connectivity index (χ3n) is 3.46. The van der Waals surface area contributed by atoms with Crippen LogP contribution in [0.4, 0.5) is 11.4 Å². The molecule has 10 heteroatoms. The van der Waals surface area contributed by atoms with E-state index in [1.165, 1.54) is 30.0 Å². The highest BCUT2D eigenvalue weighted by molar-refractivity contribution is 7.98. The Morgan fingerprint density at radius 1 is 1.33 bits per heavy atom. The molecule has 27 heavy (non-hydrogen) atoms. The van der Waals surface area contributed by atoms with Gasteiger partial charge in [0.1, 0.15) is 5.02 Å². The molecule has 2 aromatic carbocycles. The van der Waals surface area contributed by atoms with Gasteiger partial charge >= 0.3 is 0 Å². The lowest BCUT2D eigenvalue weighted by Gasteiger charge is -2.09. The summed E-state index contributed by atoms with van der Waals surface area (Å²) in [5.74, 6) is 1.05. The number of nitrogens with one attached hydrogen (secondary N) is 1. The van der Waals surface area contributed by atoms with Gasteiger partial charge in [-0.05, 0) is 24.3 Å². The van der Waals surface area contributed by atoms with Gasteiger partial charge in [-0.1, -0.05) is 28.9 Å². The molecule has 1 heterocycles. The van der Waals surface area contributed by atoms with E-state index >= 15 is 0 Å². The highest BCUT2D eigenvalue weighted by Gasteiger charge is 2.16. The van der Waals surface area contributed by atoms with Gasteiger partial charge in [0.15, 0.2) is 5.82 Å². The van der Waals surface area contributed by atoms with Crippen molar-refractivity contribution in [1.82, 2.24) is 10.1 Å². The van der Waals surface area contributed by atoms with Crippen molar-refractivity contribution in [2.45, 2.75) is 17.6 Å². The van der Waals surface area contributed by atoms with E-state index in [1.807, 2.05) is 6.07 Å². The number of nitro groups is 1. The van der Waals surface area contributed by atoms with Crippen molar-refractivity contribution in [3.05, 3.63) is 74.9 Å². The number of hydrogen-bond acceptors (Lipinski definition) is 7. The largest absolute Gasteiger partial charge is 0.340 e. The monoisotopic (exact) mass is 404 g/mol. The number of amides is 1. The lowest BCUT2D eigenvalue weighted by Crippen LogP contribution is -2.13. The maximum Gasteiger partial charge on any atom is 0.289 e. The van der Waals surface area contributed by atoms with Crippen LogP contribution in [0.2, 0.25) is 5.02 Å². The maximum atomic E-state index is 12.6. The van der Waals surface area contributed by atoms with Gasteiger partial charge in [0.05, 0.1) is 16.2 Å². The van der Waals surface area contributed by atoms with Crippen LogP contribution in [-0.2, 0) is 5.75 Å². The summed E-state index contributed by atoms with van der Waals surface area (Å²) in [6, 6.07) is 11.1. The summed E-state index contributed by atoms with van der Waals surface area (Å²) >= 11 is 7.18. The van der Waals surface area contributed by atoms with Gasteiger partial charge in [0.2, 0.25) is 5.89 Å². The van der Waals surface area contributed by atoms with Crippen LogP contribution in [0.1, 0.15) is 22.1 Å². The van der Waals surface area contributed by atoms with E-state index in [2.05, 4.69) is 15.5 Å². The van der Waals surface area contributed by atoms with Crippen molar-refractivity contribution in [1.29, 1.82) is 0 Å². The highest BCUT2D eigenvalue weighted by Crippen LogP contribution is 2.29. The number of benzene rings is 2. The van der Waals surface area contributed by atoms with Crippen LogP contribution in [-0.4, -0.2) is 21.0 Å². The molecule has 0 fully saturated rings. The van der Waals surface area contributed by atoms with Crippen molar-refractivity contribution < 1.29 is 14.2 Å². The molecular formula is C17H13ClN4O4S. The van der Waals surface area contributed by atoms with E-state index < -0.39 is 4.92 Å². The maximum absolute atomic E-state index is 12.6. The topological polar surface area (TPSA) is 111 Å². The number of aromatic nitrogens is 2. The number of carbonyl (C=O) groups is 1. The first-order valence-electron chi connectivity index (χ1n) is 7.70. The molecule has 0 aliphatic rings. The predicted octanol–water partition coefficient (Wildman–Crippen LogP) is 4.48. The van der Waals surface area contributed by atoms with Crippen molar-refractivity contribution in [2.24, 2.45) is 0 Å². The van der Waals surface area contributed by atoms with E-state index in [-0.39, 0.29) is 22.3 Å². The molecule has 0 radical (unpaired) electrons. The second-order valence-corrected chi connectivity index (χ2v) is 6.82. The van der Waals surface area contributed by atoms with E-state index in [0.29, 0.717) is 23.0 Å². The second-order valence-electron chi connectivity index (χ2n) is 5.39. The molecule has 1 N–H and O–H groups in total. The van der Waals surface area contributed by atoms with E-state index in [4.69, 9.17) is 16.1 Å². The zero-order valence-corrected chi connectivity index (χ0v) is 15.6. The lowest BCUT2D eigenvalue weighted by atomic mass is 10.2. The normalized spacial score (nSPS) is 10.6. The van der Waals surface area contributed by atoms with Gasteiger partial charge in [0.25, 0.3) is 11.6 Å². The number of carbonyl (C=O) groups excluding carboxylic acids is 1. The Morgan fingerprint density at radius 2 is 2.11 bits per heavy atom. The fourth-order valence-electron chi connectivity index (χ4n) is 2.25. The minimum absolute atomic E-state index is 0.00404. The Hall–Kier alpha value is -2.91. The third kappa shape index (κ3) is 4.63. The molecular weight excluding hydrogens is 392 g/mol. The quantitative estimate of drug-likeness (QED) is 0.366. The van der Waals surface area contributed by atoms with Crippen LogP contribution in [0.25, 0.3) is 0 Å². The standard InChI is InChI=1S/C17H13ClN4O4S/c1-10-19-16(21-26-10)9-27-15-5-3-2-4-12(15)17(23)20-11-6-7-13(18)14(8-11)22(24)25/h2-8H,9H2,1H3,(H,20,23). The molecule has 0 aliphatic heterocycles. The third-order valence-corrected chi connectivity index (χ3v) is 4.85. The molecule has 0 saturated heterocycles. The summed E-state index contributed by atoms with van der Waals surface area (Å²) in [7, 11) is 0. The van der Waals surface area contributed by atoms with Gasteiger partial charge in [-0.15, -0.1) is 11.8 Å². The van der Waals surface area contributed by atoms with Gasteiger partial charge in [-0.3, -0.25) is 14.9 Å². The first-order valence-corrected chi connectivity index (χ1v) is 9.06. The van der Waals surface area contributed by atoms with E-state index in [9.17, 15) is 14.9 Å². The van der Waals surface area contributed by atoms with Crippen molar-refractivity contribution in [3.8, 4) is 0 Å². The Balaban J connectivity index is 1.77. The van der Waals surface area contributed by atoms with E-state index in [1.54, 1.807) is 25.1 Å². The molecule has 8 nitrogen and oxygen atoms in total. The zero-order chi connectivity index (χ0) is 19.4. The fourth-order valence-corrected chi connectivity index (χ4v) is 3.33. The van der Waals surface area contributed by atoms with Gasteiger partial charge < -0.3 is 9.84 Å². The highest BCUT2D eigenvalue weighted by atomic mass is 35.5. The minimum atomic E-state index is -0.602. The molecule has 1 amide bonds. The number of nitrogens with zero attached hydrogens (tertiary/aromatic N) is 3. The Labute approximate surface area is 163 Å². The molecule has 3 rings (SSSR count). The van der Waals surface area contributed by atoms with E-state index in [0.717, 1.165) is 4.90 Å². The SMILES string of the molecule is Cc1nc(CSc2ccccc2C(=O)Nc2ccc(Cl)c([N+](=O)[O-])c2)no1. The number of aryl methyl sites for hydroxylation is 1. The second kappa shape index (κ2) is 8.19. The zero-order valence-electron chi connectivity index (χ0n) is 14.0. The van der Waals surface area contributed by atoms with Crippen molar-refractivity contribution in [2.75, 3.05) is 5.32 Å². The Bertz CT molecular complexity index is 1010. The van der Waals surface area contributed by atoms with Crippen molar-refractivity contribution in [3.63, 3.8) is 0 Å². The fraction of sp³-hybridized carbons (Fsp3) is 0.118. The van der Waals surface area contributed by atoms with Crippen LogP contribution in [0.5, 0.6) is 0 Å². The minimum Gasteiger partial charge on any atom is -0.340 e. The molecule has 0 spiro atoms. The summed E-state index contributed by atoms with van der Waals surface area (Å²) in [4.78, 5) is 27.9. The smallest absolute Gasteiger partial charge is 0.289 e. The average molecular weight is 405 g/mol. The predicted molar refractivity (Wildman–Crippen MR) is 101 cm³/mol. The molecule has 138 valence electrons. The molecule has 1 aromatic heterocycles.